The van der Waals surface area contributed by atoms with Crippen molar-refractivity contribution in [3.05, 3.63) is 164 Å². The molecule has 6 N–H and O–H groups in total. The van der Waals surface area contributed by atoms with Gasteiger partial charge in [0, 0.05) is 58.5 Å². The highest BCUT2D eigenvalue weighted by molar-refractivity contribution is 6.19. The lowest BCUT2D eigenvalue weighted by molar-refractivity contribution is -0.147. The van der Waals surface area contributed by atoms with Gasteiger partial charge in [0.25, 0.3) is 0 Å². The van der Waals surface area contributed by atoms with Crippen LogP contribution in [0.25, 0.3) is 11.1 Å². The second-order valence-corrected chi connectivity index (χ2v) is 18.8. The maximum atomic E-state index is 18.8. The average Bonchev–Trinajstić information content (AvgIpc) is 3.36. The molecule has 4 aromatic carbocycles. The predicted molar refractivity (Wildman–Crippen MR) is 251 cm³/mol. The second kappa shape index (κ2) is 20.3. The first-order valence-electron chi connectivity index (χ1n) is 23.5. The Kier molecular flexibility index (Phi) is 14.6. The van der Waals surface area contributed by atoms with E-state index >= 15 is 40.7 Å². The molecule has 368 valence electrons. The fourth-order valence-corrected chi connectivity index (χ4v) is 11.9. The SMILES string of the molecule is Cc1c(F)cccc1C1=C(C(=O)c2cccc(O)c2)[C@H](C2CCCNC2)[C@@](CCO)(C(=O)[C@@]2(CCO)C(F)=C(F)C(c3cccc(F)c3C)=C(C(=O)c3cccc(O)c3)[C@@H]2C2CCCNC2)C(F)=C1F. The van der Waals surface area contributed by atoms with Crippen LogP contribution in [0.3, 0.4) is 0 Å². The van der Waals surface area contributed by atoms with E-state index in [0.717, 1.165) is 24.3 Å². The smallest absolute Gasteiger partial charge is 0.190 e. The highest BCUT2D eigenvalue weighted by Gasteiger charge is 2.68. The normalized spacial score (nSPS) is 25.4. The maximum Gasteiger partial charge on any atom is 0.190 e. The number of benzene rings is 4. The summed E-state index contributed by atoms with van der Waals surface area (Å²) >= 11 is 0. The molecule has 0 saturated carbocycles. The third-order valence-corrected chi connectivity index (χ3v) is 15.0. The molecule has 2 unspecified atom stereocenters. The van der Waals surface area contributed by atoms with Gasteiger partial charge in [-0.15, -0.1) is 0 Å². The minimum atomic E-state index is -3.13. The molecule has 9 nitrogen and oxygen atoms in total. The number of Topliss-reactive ketones (excluding diaryl/α,β-unsaturated/α-hetero) is 3. The van der Waals surface area contributed by atoms with Gasteiger partial charge < -0.3 is 31.1 Å². The first-order chi connectivity index (χ1) is 33.6. The quantitative estimate of drug-likeness (QED) is 0.0535. The number of halogens is 6. The number of aromatic hydroxyl groups is 2. The number of phenols is 2. The van der Waals surface area contributed by atoms with E-state index in [9.17, 15) is 20.4 Å². The number of nitrogens with one attached hydrogen (secondary N) is 2. The lowest BCUT2D eigenvalue weighted by atomic mass is 9.47. The number of hydrogen-bond donors (Lipinski definition) is 6. The van der Waals surface area contributed by atoms with Crippen LogP contribution in [0.15, 0.2) is 119 Å². The third kappa shape index (κ3) is 8.33. The molecule has 2 heterocycles. The molecule has 0 bridgehead atoms. The van der Waals surface area contributed by atoms with Crippen LogP contribution < -0.4 is 10.6 Å². The topological polar surface area (TPSA) is 156 Å². The zero-order valence-electron chi connectivity index (χ0n) is 38.7. The lowest BCUT2D eigenvalue weighted by Gasteiger charge is -2.54. The van der Waals surface area contributed by atoms with Gasteiger partial charge in [-0.2, -0.15) is 0 Å². The summed E-state index contributed by atoms with van der Waals surface area (Å²) in [5.41, 5.74) is -10.3. The van der Waals surface area contributed by atoms with E-state index in [1.54, 1.807) is 0 Å². The first-order valence-corrected chi connectivity index (χ1v) is 23.5. The molecule has 0 aromatic heterocycles. The number of rotatable bonds is 14. The Morgan fingerprint density at radius 3 is 1.31 bits per heavy atom. The van der Waals surface area contributed by atoms with Crippen LogP contribution in [0.2, 0.25) is 0 Å². The van der Waals surface area contributed by atoms with E-state index in [0.29, 0.717) is 25.9 Å². The molecular weight excluding hydrogens is 915 g/mol. The van der Waals surface area contributed by atoms with E-state index in [2.05, 4.69) is 10.6 Å². The molecule has 2 fully saturated rings. The third-order valence-electron chi connectivity index (χ3n) is 15.0. The highest BCUT2D eigenvalue weighted by atomic mass is 19.2. The van der Waals surface area contributed by atoms with E-state index in [1.165, 1.54) is 74.5 Å². The fourth-order valence-electron chi connectivity index (χ4n) is 11.9. The van der Waals surface area contributed by atoms with Crippen LogP contribution >= 0.6 is 0 Å². The summed E-state index contributed by atoms with van der Waals surface area (Å²) < 4.78 is 105. The van der Waals surface area contributed by atoms with Gasteiger partial charge >= 0.3 is 0 Å². The fraction of sp³-hybridized carbons (Fsp3) is 0.364. The van der Waals surface area contributed by atoms with Gasteiger partial charge in [-0.25, -0.2) is 26.3 Å². The molecule has 4 aromatic rings. The largest absolute Gasteiger partial charge is 0.508 e. The number of aliphatic hydroxyl groups is 2. The molecule has 4 aliphatic rings. The lowest BCUT2D eigenvalue weighted by Crippen LogP contribution is -2.60. The number of ketones is 3. The number of phenolic OH excluding ortho intramolecular Hbond substituents is 2. The van der Waals surface area contributed by atoms with E-state index in [1.807, 2.05) is 0 Å². The Morgan fingerprint density at radius 1 is 0.586 bits per heavy atom. The van der Waals surface area contributed by atoms with E-state index < -0.39 is 147 Å². The van der Waals surface area contributed by atoms with E-state index in [4.69, 9.17) is 0 Å². The molecular formula is C55H54F6N2O7. The van der Waals surface area contributed by atoms with Gasteiger partial charge in [0.05, 0.1) is 10.8 Å². The Bertz CT molecular complexity index is 2690. The van der Waals surface area contributed by atoms with Gasteiger partial charge in [-0.1, -0.05) is 48.5 Å². The number of hydrogen-bond acceptors (Lipinski definition) is 9. The van der Waals surface area contributed by atoms with Crippen molar-refractivity contribution in [2.24, 2.45) is 34.5 Å². The second-order valence-electron chi connectivity index (χ2n) is 18.8. The molecule has 8 rings (SSSR count). The molecule has 0 amide bonds. The van der Waals surface area contributed by atoms with Gasteiger partial charge in [-0.3, -0.25) is 14.4 Å². The summed E-state index contributed by atoms with van der Waals surface area (Å²) in [6, 6.07) is 17.1. The standard InChI is InChI=1S/C55H54F6N2O7/c1-29-37(15-5-17-39(29)56)41-43(49(68)31-9-3-13-35(66)25-31)45(33-11-7-21-62-27-33)54(19-23-64,51(60)47(41)58)53(70)55(20-24-65)46(34-12-8-22-63-28-34)44(50(69)32-10-4-14-36(67)26-32)42(48(59)52(55)61)38-16-6-18-40(57)30(38)2/h3-6,9-10,13-18,25-26,33-34,45-46,62-67H,7-8,11-12,19-24,27-28H2,1-2H3/t33?,34?,45-,46-,54+,55+/m0/s1. The highest BCUT2D eigenvalue weighted by Crippen LogP contribution is 2.66. The van der Waals surface area contributed by atoms with Gasteiger partial charge in [0.2, 0.25) is 0 Å². The van der Waals surface area contributed by atoms with Crippen molar-refractivity contribution in [3.8, 4) is 11.5 Å². The summed E-state index contributed by atoms with van der Waals surface area (Å²) in [7, 11) is 0. The average molecular weight is 969 g/mol. The maximum absolute atomic E-state index is 18.8. The molecule has 2 aliphatic carbocycles. The molecule has 2 aliphatic heterocycles. The molecule has 6 atom stereocenters. The van der Waals surface area contributed by atoms with Crippen LogP contribution in [-0.2, 0) is 4.79 Å². The molecule has 2 saturated heterocycles. The number of allylic oxidation sites excluding steroid dienone is 8. The van der Waals surface area contributed by atoms with Crippen LogP contribution in [-0.4, -0.2) is 77.2 Å². The van der Waals surface area contributed by atoms with Crippen LogP contribution in [0.1, 0.15) is 81.5 Å². The monoisotopic (exact) mass is 968 g/mol. The van der Waals surface area contributed by atoms with Gasteiger partial charge in [0.15, 0.2) is 40.7 Å². The Morgan fingerprint density at radius 2 is 0.971 bits per heavy atom. The summed E-state index contributed by atoms with van der Waals surface area (Å²) in [6.07, 6.45) is -1.07. The van der Waals surface area contributed by atoms with Gasteiger partial charge in [0.1, 0.15) is 23.1 Å². The van der Waals surface area contributed by atoms with Gasteiger partial charge in [-0.05, 0) is 149 Å². The number of aliphatic hydroxyl groups excluding tert-OH is 2. The summed E-state index contributed by atoms with van der Waals surface area (Å²) in [6.45, 7) is 1.14. The minimum absolute atomic E-state index is 0.0496. The van der Waals surface area contributed by atoms with Crippen molar-refractivity contribution in [2.75, 3.05) is 39.4 Å². The minimum Gasteiger partial charge on any atom is -0.508 e. The van der Waals surface area contributed by atoms with Crippen molar-refractivity contribution in [1.29, 1.82) is 0 Å². The van der Waals surface area contributed by atoms with Crippen molar-refractivity contribution in [2.45, 2.75) is 52.4 Å². The Hall–Kier alpha value is -6.13. The molecule has 0 radical (unpaired) electrons. The summed E-state index contributed by atoms with van der Waals surface area (Å²) in [4.78, 5) is 48.0. The van der Waals surface area contributed by atoms with Crippen molar-refractivity contribution < 1.29 is 61.2 Å². The van der Waals surface area contributed by atoms with Crippen molar-refractivity contribution in [3.63, 3.8) is 0 Å². The zero-order chi connectivity index (χ0) is 50.2. The van der Waals surface area contributed by atoms with Crippen LogP contribution in [0.5, 0.6) is 11.5 Å². The first kappa shape index (κ1) is 50.3. The van der Waals surface area contributed by atoms with E-state index in [-0.39, 0.29) is 59.3 Å². The molecule has 0 spiro atoms. The predicted octanol–water partition coefficient (Wildman–Crippen LogP) is 9.83. The summed E-state index contributed by atoms with van der Waals surface area (Å²) in [5.74, 6) is -19.2. The molecule has 70 heavy (non-hydrogen) atoms. The van der Waals surface area contributed by atoms with Crippen molar-refractivity contribution in [1.82, 2.24) is 10.6 Å². The number of carbonyl (C=O) groups is 3. The number of carbonyl (C=O) groups excluding carboxylic acids is 3. The van der Waals surface area contributed by atoms with Crippen molar-refractivity contribution >= 4 is 28.5 Å². The van der Waals surface area contributed by atoms with Crippen LogP contribution in [0, 0.1) is 60.0 Å². The zero-order valence-corrected chi connectivity index (χ0v) is 38.7. The Balaban J connectivity index is 1.53. The number of piperidine rings is 2. The molecule has 15 heteroatoms. The Labute approximate surface area is 401 Å². The summed E-state index contributed by atoms with van der Waals surface area (Å²) in [5, 5.41) is 50.0. The van der Waals surface area contributed by atoms with Crippen LogP contribution in [0.4, 0.5) is 26.3 Å².